The molecule has 2 atom stereocenters. The molecule has 1 fully saturated rings. The molecule has 2 unspecified atom stereocenters. The summed E-state index contributed by atoms with van der Waals surface area (Å²) >= 11 is 6.10. The monoisotopic (exact) mass is 310 g/mol. The van der Waals surface area contributed by atoms with Gasteiger partial charge < -0.3 is 15.0 Å². The Kier molecular flexibility index (Phi) is 6.34. The molecular formula is C17H27ClN2O. The molecule has 21 heavy (non-hydrogen) atoms. The lowest BCUT2D eigenvalue weighted by Gasteiger charge is -2.32. The quantitative estimate of drug-likeness (QED) is 0.863. The maximum atomic E-state index is 6.10. The third kappa shape index (κ3) is 4.60. The van der Waals surface area contributed by atoms with Crippen LogP contribution in [0.1, 0.15) is 44.2 Å². The van der Waals surface area contributed by atoms with Gasteiger partial charge in [0.05, 0.1) is 6.61 Å². The number of benzene rings is 1. The Morgan fingerprint density at radius 2 is 2.24 bits per heavy atom. The van der Waals surface area contributed by atoms with Crippen molar-refractivity contribution in [3.05, 3.63) is 28.8 Å². The van der Waals surface area contributed by atoms with Gasteiger partial charge in [-0.05, 0) is 65.0 Å². The van der Waals surface area contributed by atoms with Crippen LogP contribution >= 0.6 is 11.6 Å². The molecule has 118 valence electrons. The van der Waals surface area contributed by atoms with E-state index in [9.17, 15) is 0 Å². The van der Waals surface area contributed by atoms with Crippen LogP contribution in [0, 0.1) is 0 Å². The first kappa shape index (κ1) is 16.6. The molecule has 0 spiro atoms. The summed E-state index contributed by atoms with van der Waals surface area (Å²) in [6.45, 7) is 4.10. The zero-order valence-corrected chi connectivity index (χ0v) is 14.1. The number of hydrogen-bond donors (Lipinski definition) is 1. The van der Waals surface area contributed by atoms with Crippen LogP contribution in [0.4, 0.5) is 0 Å². The average Bonchev–Trinajstić information content (AvgIpc) is 2.49. The van der Waals surface area contributed by atoms with Crippen LogP contribution in [0.2, 0.25) is 5.02 Å². The Labute approximate surface area is 133 Å². The van der Waals surface area contributed by atoms with Gasteiger partial charge in [-0.2, -0.15) is 0 Å². The second kappa shape index (κ2) is 8.02. The van der Waals surface area contributed by atoms with Crippen molar-refractivity contribution in [3.63, 3.8) is 0 Å². The van der Waals surface area contributed by atoms with E-state index < -0.39 is 0 Å². The summed E-state index contributed by atoms with van der Waals surface area (Å²) in [4.78, 5) is 2.46. The Morgan fingerprint density at radius 1 is 1.43 bits per heavy atom. The lowest BCUT2D eigenvalue weighted by molar-refractivity contribution is 0.152. The van der Waals surface area contributed by atoms with E-state index >= 15 is 0 Å². The van der Waals surface area contributed by atoms with Crippen molar-refractivity contribution in [3.8, 4) is 5.75 Å². The fourth-order valence-corrected chi connectivity index (χ4v) is 3.14. The van der Waals surface area contributed by atoms with Gasteiger partial charge in [-0.3, -0.25) is 0 Å². The van der Waals surface area contributed by atoms with Gasteiger partial charge in [0.15, 0.2) is 0 Å². The van der Waals surface area contributed by atoms with Gasteiger partial charge in [0, 0.05) is 22.7 Å². The normalized spacial score (nSPS) is 21.2. The molecule has 3 nitrogen and oxygen atoms in total. The van der Waals surface area contributed by atoms with Crippen LogP contribution in [-0.2, 0) is 0 Å². The molecular weight excluding hydrogens is 284 g/mol. The highest BCUT2D eigenvalue weighted by atomic mass is 35.5. The van der Waals surface area contributed by atoms with Crippen molar-refractivity contribution in [2.45, 2.75) is 44.7 Å². The Balaban J connectivity index is 1.93. The van der Waals surface area contributed by atoms with E-state index in [1.807, 2.05) is 25.2 Å². The number of hydrogen-bond acceptors (Lipinski definition) is 3. The standard InChI is InChI=1S/C17H27ClN2O/c1-13(19-2)16-12-14(18)7-8-17(16)21-11-9-15-6-4-5-10-20(15)3/h7-8,12-13,15,19H,4-6,9-11H2,1-3H3. The lowest BCUT2D eigenvalue weighted by atomic mass is 10.0. The number of nitrogens with one attached hydrogen (secondary N) is 1. The third-order valence-electron chi connectivity index (χ3n) is 4.50. The van der Waals surface area contributed by atoms with Crippen LogP contribution in [0.25, 0.3) is 0 Å². The molecule has 1 aliphatic rings. The van der Waals surface area contributed by atoms with Crippen molar-refractivity contribution in [2.24, 2.45) is 0 Å². The zero-order valence-electron chi connectivity index (χ0n) is 13.4. The first-order valence-electron chi connectivity index (χ1n) is 7.91. The molecule has 0 aromatic heterocycles. The molecule has 1 saturated heterocycles. The second-order valence-corrected chi connectivity index (χ2v) is 6.40. The van der Waals surface area contributed by atoms with E-state index in [0.29, 0.717) is 6.04 Å². The Bertz CT molecular complexity index is 452. The largest absolute Gasteiger partial charge is 0.493 e. The summed E-state index contributed by atoms with van der Waals surface area (Å²) in [7, 11) is 4.17. The van der Waals surface area contributed by atoms with E-state index in [1.165, 1.54) is 25.8 Å². The molecule has 0 bridgehead atoms. The Morgan fingerprint density at radius 3 is 2.95 bits per heavy atom. The van der Waals surface area contributed by atoms with Crippen LogP contribution in [-0.4, -0.2) is 38.2 Å². The van der Waals surface area contributed by atoms with Crippen molar-refractivity contribution in [2.75, 3.05) is 27.2 Å². The highest BCUT2D eigenvalue weighted by Gasteiger charge is 2.19. The predicted octanol–water partition coefficient (Wildman–Crippen LogP) is 3.87. The molecule has 1 aliphatic heterocycles. The minimum absolute atomic E-state index is 0.232. The van der Waals surface area contributed by atoms with Crippen molar-refractivity contribution < 1.29 is 4.74 Å². The van der Waals surface area contributed by atoms with E-state index in [1.54, 1.807) is 0 Å². The minimum atomic E-state index is 0.232. The number of ether oxygens (including phenoxy) is 1. The van der Waals surface area contributed by atoms with Crippen LogP contribution in [0.15, 0.2) is 18.2 Å². The van der Waals surface area contributed by atoms with Crippen molar-refractivity contribution >= 4 is 11.6 Å². The molecule has 1 aromatic carbocycles. The van der Waals surface area contributed by atoms with E-state index in [-0.39, 0.29) is 6.04 Å². The molecule has 0 saturated carbocycles. The van der Waals surface area contributed by atoms with Gasteiger partial charge in [0.25, 0.3) is 0 Å². The van der Waals surface area contributed by atoms with Crippen LogP contribution < -0.4 is 10.1 Å². The average molecular weight is 311 g/mol. The Hall–Kier alpha value is -0.770. The van der Waals surface area contributed by atoms with Crippen molar-refractivity contribution in [1.29, 1.82) is 0 Å². The minimum Gasteiger partial charge on any atom is -0.493 e. The van der Waals surface area contributed by atoms with Gasteiger partial charge in [-0.1, -0.05) is 18.0 Å². The van der Waals surface area contributed by atoms with E-state index in [2.05, 4.69) is 24.2 Å². The molecule has 4 heteroatoms. The highest BCUT2D eigenvalue weighted by molar-refractivity contribution is 6.30. The molecule has 1 heterocycles. The van der Waals surface area contributed by atoms with Crippen molar-refractivity contribution in [1.82, 2.24) is 10.2 Å². The third-order valence-corrected chi connectivity index (χ3v) is 4.74. The van der Waals surface area contributed by atoms with Gasteiger partial charge in [0.1, 0.15) is 5.75 Å². The van der Waals surface area contributed by atoms with Crippen LogP contribution in [0.3, 0.4) is 0 Å². The number of likely N-dealkylation sites (tertiary alicyclic amines) is 1. The fourth-order valence-electron chi connectivity index (χ4n) is 2.96. The number of halogens is 1. The fraction of sp³-hybridized carbons (Fsp3) is 0.647. The molecule has 1 aromatic rings. The first-order chi connectivity index (χ1) is 10.1. The molecule has 0 amide bonds. The number of nitrogens with zero attached hydrogens (tertiary/aromatic N) is 1. The maximum Gasteiger partial charge on any atom is 0.124 e. The van der Waals surface area contributed by atoms with E-state index in [4.69, 9.17) is 16.3 Å². The topological polar surface area (TPSA) is 24.5 Å². The zero-order chi connectivity index (χ0) is 15.2. The summed E-state index contributed by atoms with van der Waals surface area (Å²) in [5.41, 5.74) is 1.13. The van der Waals surface area contributed by atoms with Gasteiger partial charge in [-0.15, -0.1) is 0 Å². The summed E-state index contributed by atoms with van der Waals surface area (Å²) in [5, 5.41) is 4.00. The summed E-state index contributed by atoms with van der Waals surface area (Å²) in [6, 6.07) is 6.77. The summed E-state index contributed by atoms with van der Waals surface area (Å²) < 4.78 is 6.04. The highest BCUT2D eigenvalue weighted by Crippen LogP contribution is 2.28. The predicted molar refractivity (Wildman–Crippen MR) is 89.3 cm³/mol. The van der Waals surface area contributed by atoms with Gasteiger partial charge >= 0.3 is 0 Å². The summed E-state index contributed by atoms with van der Waals surface area (Å²) in [5.74, 6) is 0.944. The van der Waals surface area contributed by atoms with Gasteiger partial charge in [-0.25, -0.2) is 0 Å². The lowest BCUT2D eigenvalue weighted by Crippen LogP contribution is -2.37. The maximum absolute atomic E-state index is 6.10. The first-order valence-corrected chi connectivity index (χ1v) is 8.29. The summed E-state index contributed by atoms with van der Waals surface area (Å²) in [6.07, 6.45) is 5.06. The smallest absolute Gasteiger partial charge is 0.124 e. The van der Waals surface area contributed by atoms with E-state index in [0.717, 1.165) is 29.4 Å². The van der Waals surface area contributed by atoms with Gasteiger partial charge in [0.2, 0.25) is 0 Å². The molecule has 0 radical (unpaired) electrons. The second-order valence-electron chi connectivity index (χ2n) is 5.96. The molecule has 1 N–H and O–H groups in total. The van der Waals surface area contributed by atoms with Crippen LogP contribution in [0.5, 0.6) is 5.75 Å². The molecule has 2 rings (SSSR count). The number of piperidine rings is 1. The molecule has 0 aliphatic carbocycles. The number of rotatable bonds is 6. The SMILES string of the molecule is CNC(C)c1cc(Cl)ccc1OCCC1CCCCN1C.